The fraction of sp³-hybridized carbons (Fsp3) is 0.200. The molecule has 2 saturated carbocycles. The highest BCUT2D eigenvalue weighted by atomic mass is 15.1. The highest BCUT2D eigenvalue weighted by Gasteiger charge is 2.56. The number of anilines is 3. The molecule has 3 atom stereocenters. The number of nitrogens with zero attached hydrogens (tertiary/aromatic N) is 1. The smallest absolute Gasteiger partial charge is 0.0540 e. The molecule has 11 rings (SSSR count). The van der Waals surface area contributed by atoms with Crippen molar-refractivity contribution in [1.29, 1.82) is 0 Å². The molecule has 0 heterocycles. The van der Waals surface area contributed by atoms with E-state index in [0.717, 1.165) is 5.92 Å². The molecule has 7 aromatic carbocycles. The predicted octanol–water partition coefficient (Wildman–Crippen LogP) is 13.4. The van der Waals surface area contributed by atoms with Crippen molar-refractivity contribution in [1.82, 2.24) is 0 Å². The lowest BCUT2D eigenvalue weighted by Gasteiger charge is -2.37. The van der Waals surface area contributed by atoms with Crippen LogP contribution in [0.2, 0.25) is 0 Å². The number of fused-ring (bicyclic) bond motifs is 12. The maximum atomic E-state index is 2.60. The van der Waals surface area contributed by atoms with Crippen molar-refractivity contribution < 1.29 is 0 Å². The number of benzene rings is 7. The topological polar surface area (TPSA) is 3.24 Å². The van der Waals surface area contributed by atoms with E-state index in [1.807, 2.05) is 0 Å². The molecule has 2 fully saturated rings. The van der Waals surface area contributed by atoms with Gasteiger partial charge in [-0.25, -0.2) is 0 Å². The number of para-hydroxylation sites is 1. The summed E-state index contributed by atoms with van der Waals surface area (Å²) in [5.74, 6) is 1.55. The predicted molar refractivity (Wildman–Crippen MR) is 213 cm³/mol. The minimum absolute atomic E-state index is 0.116. The van der Waals surface area contributed by atoms with Gasteiger partial charge < -0.3 is 4.90 Å². The minimum Gasteiger partial charge on any atom is -0.309 e. The molecule has 51 heavy (non-hydrogen) atoms. The first kappa shape index (κ1) is 29.3. The highest BCUT2D eigenvalue weighted by Crippen LogP contribution is 2.66. The summed E-state index contributed by atoms with van der Waals surface area (Å²) in [4.78, 5) is 2.58. The van der Waals surface area contributed by atoms with Gasteiger partial charge in [0, 0.05) is 27.5 Å². The molecule has 1 spiro atoms. The zero-order valence-electron chi connectivity index (χ0n) is 29.4. The van der Waals surface area contributed by atoms with Gasteiger partial charge in [0.25, 0.3) is 0 Å². The van der Waals surface area contributed by atoms with E-state index in [1.165, 1.54) is 98.0 Å². The Morgan fingerprint density at radius 3 is 1.92 bits per heavy atom. The molecule has 4 aliphatic carbocycles. The summed E-state index contributed by atoms with van der Waals surface area (Å²) >= 11 is 0. The Balaban J connectivity index is 1.17. The second-order valence-corrected chi connectivity index (χ2v) is 16.1. The van der Waals surface area contributed by atoms with E-state index in [4.69, 9.17) is 0 Å². The van der Waals surface area contributed by atoms with E-state index in [-0.39, 0.29) is 10.8 Å². The third kappa shape index (κ3) is 3.93. The number of hydrogen-bond donors (Lipinski definition) is 0. The third-order valence-electron chi connectivity index (χ3n) is 13.3. The molecule has 0 aromatic heterocycles. The van der Waals surface area contributed by atoms with Crippen LogP contribution in [0.5, 0.6) is 0 Å². The lowest BCUT2D eigenvalue weighted by Crippen LogP contribution is -2.32. The average molecular weight is 656 g/mol. The Labute approximate surface area is 301 Å². The molecule has 7 aromatic rings. The van der Waals surface area contributed by atoms with Crippen LogP contribution in [0.3, 0.4) is 0 Å². The molecule has 246 valence electrons. The zero-order valence-corrected chi connectivity index (χ0v) is 29.4. The molecule has 1 heteroatoms. The Bertz CT molecular complexity index is 2550. The molecule has 0 aliphatic heterocycles. The Morgan fingerprint density at radius 1 is 0.510 bits per heavy atom. The third-order valence-corrected chi connectivity index (χ3v) is 13.3. The van der Waals surface area contributed by atoms with Crippen molar-refractivity contribution in [2.75, 3.05) is 4.90 Å². The number of hydrogen-bond acceptors (Lipinski definition) is 1. The fourth-order valence-electron chi connectivity index (χ4n) is 11.3. The molecule has 3 unspecified atom stereocenters. The summed E-state index contributed by atoms with van der Waals surface area (Å²) in [6, 6.07) is 57.5. The molecule has 0 saturated heterocycles. The second kappa shape index (κ2) is 10.6. The van der Waals surface area contributed by atoms with Crippen molar-refractivity contribution in [2.45, 2.75) is 50.4 Å². The monoisotopic (exact) mass is 655 g/mol. The van der Waals surface area contributed by atoms with E-state index >= 15 is 0 Å². The first-order valence-corrected chi connectivity index (χ1v) is 18.9. The standard InChI is InChI=1S/C50H41N/c1-49(2)43-21-8-5-17-38(43)41-19-12-20-42(48(41)49)40-18-7-10-23-47(40)51(46-24-11-14-33-13-3-4-15-36(33)46)35-27-28-39-37-16-6-9-22-44(37)50(45(39)30-35)31-32-25-26-34(50)29-32/h3-24,27-28,30,32,34H,25-26,29,31H2,1-2H3. The highest BCUT2D eigenvalue weighted by molar-refractivity contribution is 6.02. The van der Waals surface area contributed by atoms with Crippen molar-refractivity contribution in [3.8, 4) is 33.4 Å². The van der Waals surface area contributed by atoms with Gasteiger partial charge in [-0.1, -0.05) is 148 Å². The molecular formula is C50H41N. The minimum atomic E-state index is -0.118. The Kier molecular flexibility index (Phi) is 6.08. The van der Waals surface area contributed by atoms with Crippen LogP contribution in [-0.4, -0.2) is 0 Å². The SMILES string of the molecule is CC1(C)c2ccccc2-c2cccc(-c3ccccc3N(c3ccc4c(c3)C3(CC5CCC3C5)c3ccccc3-4)c3cccc4ccccc34)c21. The fourth-order valence-corrected chi connectivity index (χ4v) is 11.3. The van der Waals surface area contributed by atoms with E-state index < -0.39 is 0 Å². The molecule has 1 nitrogen and oxygen atoms in total. The van der Waals surface area contributed by atoms with Gasteiger partial charge >= 0.3 is 0 Å². The van der Waals surface area contributed by atoms with Gasteiger partial charge in [0.15, 0.2) is 0 Å². The summed E-state index contributed by atoms with van der Waals surface area (Å²) in [5.41, 5.74) is 17.8. The van der Waals surface area contributed by atoms with Crippen LogP contribution in [0.15, 0.2) is 152 Å². The van der Waals surface area contributed by atoms with E-state index in [9.17, 15) is 0 Å². The van der Waals surface area contributed by atoms with Crippen LogP contribution in [0.4, 0.5) is 17.1 Å². The van der Waals surface area contributed by atoms with Gasteiger partial charge in [-0.15, -0.1) is 0 Å². The molecule has 0 N–H and O–H groups in total. The normalized spacial score (nSPS) is 21.5. The van der Waals surface area contributed by atoms with Gasteiger partial charge in [0.2, 0.25) is 0 Å². The summed E-state index contributed by atoms with van der Waals surface area (Å²) in [6.45, 7) is 4.80. The summed E-state index contributed by atoms with van der Waals surface area (Å²) < 4.78 is 0. The van der Waals surface area contributed by atoms with Gasteiger partial charge in [-0.3, -0.25) is 0 Å². The van der Waals surface area contributed by atoms with Crippen LogP contribution >= 0.6 is 0 Å². The quantitative estimate of drug-likeness (QED) is 0.182. The molecule has 0 amide bonds. The van der Waals surface area contributed by atoms with Gasteiger partial charge in [-0.2, -0.15) is 0 Å². The van der Waals surface area contributed by atoms with Gasteiger partial charge in [-0.05, 0) is 111 Å². The number of rotatable bonds is 4. The Hall–Kier alpha value is -5.40. The first-order chi connectivity index (χ1) is 25.0. The summed E-state index contributed by atoms with van der Waals surface area (Å²) in [6.07, 6.45) is 5.38. The molecule has 4 aliphatic rings. The van der Waals surface area contributed by atoms with Crippen LogP contribution in [0, 0.1) is 11.8 Å². The van der Waals surface area contributed by atoms with Crippen LogP contribution in [0.25, 0.3) is 44.2 Å². The second-order valence-electron chi connectivity index (χ2n) is 16.1. The maximum absolute atomic E-state index is 2.60. The van der Waals surface area contributed by atoms with Crippen molar-refractivity contribution in [3.63, 3.8) is 0 Å². The average Bonchev–Trinajstić information content (AvgIpc) is 3.92. The van der Waals surface area contributed by atoms with Gasteiger partial charge in [0.05, 0.1) is 11.4 Å². The van der Waals surface area contributed by atoms with E-state index in [1.54, 1.807) is 11.1 Å². The zero-order chi connectivity index (χ0) is 33.9. The van der Waals surface area contributed by atoms with Crippen molar-refractivity contribution >= 4 is 27.8 Å². The molecule has 0 radical (unpaired) electrons. The van der Waals surface area contributed by atoms with E-state index in [0.29, 0.717) is 5.92 Å². The lowest BCUT2D eigenvalue weighted by atomic mass is 9.67. The Morgan fingerprint density at radius 2 is 1.12 bits per heavy atom. The summed E-state index contributed by atoms with van der Waals surface area (Å²) in [5, 5.41) is 2.52. The van der Waals surface area contributed by atoms with Crippen LogP contribution in [0.1, 0.15) is 61.8 Å². The van der Waals surface area contributed by atoms with Crippen molar-refractivity contribution in [3.05, 3.63) is 174 Å². The first-order valence-electron chi connectivity index (χ1n) is 18.9. The largest absolute Gasteiger partial charge is 0.309 e. The van der Waals surface area contributed by atoms with Crippen LogP contribution in [-0.2, 0) is 10.8 Å². The van der Waals surface area contributed by atoms with Gasteiger partial charge in [0.1, 0.15) is 0 Å². The lowest BCUT2D eigenvalue weighted by molar-refractivity contribution is 0.327. The maximum Gasteiger partial charge on any atom is 0.0540 e. The summed E-state index contributed by atoms with van der Waals surface area (Å²) in [7, 11) is 0. The van der Waals surface area contributed by atoms with Crippen molar-refractivity contribution in [2.24, 2.45) is 11.8 Å². The molecular weight excluding hydrogens is 615 g/mol. The van der Waals surface area contributed by atoms with E-state index in [2.05, 4.69) is 170 Å². The molecule has 2 bridgehead atoms. The van der Waals surface area contributed by atoms with Crippen LogP contribution < -0.4 is 4.90 Å².